The number of fused-ring (bicyclic) bond motifs is 10. The smallest absolute Gasteiger partial charge is 0.253 e. The Kier molecular flexibility index (Phi) is 24.9. The predicted octanol–water partition coefficient (Wildman–Crippen LogP) is 18.0. The summed E-state index contributed by atoms with van der Waals surface area (Å²) in [5.74, 6) is 11.6. The van der Waals surface area contributed by atoms with E-state index in [0.29, 0.717) is 73.4 Å². The van der Waals surface area contributed by atoms with Crippen molar-refractivity contribution < 1.29 is 28.5 Å². The Balaban J connectivity index is 0.665. The van der Waals surface area contributed by atoms with E-state index in [4.69, 9.17) is 4.74 Å². The van der Waals surface area contributed by atoms with Crippen molar-refractivity contribution in [3.8, 4) is 0 Å². The van der Waals surface area contributed by atoms with E-state index < -0.39 is 0 Å². The van der Waals surface area contributed by atoms with Gasteiger partial charge in [-0.25, -0.2) is 0 Å². The highest BCUT2D eigenvalue weighted by molar-refractivity contribution is 6.12. The molecule has 0 aromatic carbocycles. The first kappa shape index (κ1) is 67.0. The van der Waals surface area contributed by atoms with Crippen LogP contribution in [0, 0.1) is 105 Å². The molecule has 2 aliphatic heterocycles. The molecule has 18 atom stereocenters. The van der Waals surface area contributed by atoms with Crippen LogP contribution < -0.4 is 5.32 Å². The van der Waals surface area contributed by atoms with Crippen molar-refractivity contribution in [1.82, 2.24) is 10.2 Å². The van der Waals surface area contributed by atoms with Crippen LogP contribution in [-0.2, 0) is 19.1 Å². The Labute approximate surface area is 519 Å². The SMILES string of the molecule is CCCCCCCCC1C(CCCCCC)CCC(CCCCCCCC(=O)NC(C)(C)CC2CC3CC2C2CCC(CN4C(=O)C=CC4=O)C32)C1CCCCCCCC[N+](=O)CC1CC2CC1C1CCC(CC(C)(C)[N+]3([O-])CC=CC3OC)C21. The molecule has 0 radical (unpaired) electrons. The van der Waals surface area contributed by atoms with Gasteiger partial charge in [0, 0.05) is 67.5 Å². The number of carbonyl (C=O) groups excluding carboxylic acids is 3. The highest BCUT2D eigenvalue weighted by Crippen LogP contribution is 2.65. The van der Waals surface area contributed by atoms with Crippen molar-refractivity contribution in [3.63, 3.8) is 0 Å². The number of amides is 3. The Morgan fingerprint density at radius 1 is 0.600 bits per heavy atom. The zero-order chi connectivity index (χ0) is 60.1. The number of ether oxygens (including phenoxy) is 1. The lowest BCUT2D eigenvalue weighted by atomic mass is 9.61. The minimum absolute atomic E-state index is 0.135. The number of nitrogens with one attached hydrogen (secondary N) is 1. The molecule has 9 aliphatic rings. The highest BCUT2D eigenvalue weighted by Gasteiger charge is 2.60. The number of hydrogen-bond acceptors (Lipinski definition) is 6. The summed E-state index contributed by atoms with van der Waals surface area (Å²) in [6.45, 7) is 16.1. The van der Waals surface area contributed by atoms with Crippen LogP contribution in [0.2, 0.25) is 0 Å². The van der Waals surface area contributed by atoms with Crippen molar-refractivity contribution in [1.29, 1.82) is 0 Å². The van der Waals surface area contributed by atoms with E-state index in [1.54, 1.807) is 7.11 Å². The summed E-state index contributed by atoms with van der Waals surface area (Å²) in [6.07, 6.45) is 55.3. The molecule has 10 heteroatoms. The second-order valence-electron chi connectivity index (χ2n) is 32.2. The molecule has 482 valence electrons. The van der Waals surface area contributed by atoms with Crippen LogP contribution in [0.5, 0.6) is 0 Å². The maximum absolute atomic E-state index is 14.1. The first-order valence-corrected chi connectivity index (χ1v) is 37.1. The molecule has 7 fully saturated rings. The normalized spacial score (nSPS) is 35.5. The summed E-state index contributed by atoms with van der Waals surface area (Å²) in [4.78, 5) is 53.1. The van der Waals surface area contributed by atoms with Crippen molar-refractivity contribution in [2.45, 2.75) is 303 Å². The fraction of sp³-hybridized carbons (Fsp3) is 0.907. The number of nitroso groups, excluding NO2 is 1. The molecule has 2 heterocycles. The third-order valence-corrected chi connectivity index (χ3v) is 25.9. The Morgan fingerprint density at radius 2 is 1.09 bits per heavy atom. The van der Waals surface area contributed by atoms with Gasteiger partial charge in [-0.3, -0.25) is 19.3 Å². The lowest BCUT2D eigenvalue weighted by Gasteiger charge is -2.55. The molecule has 0 spiro atoms. The van der Waals surface area contributed by atoms with Gasteiger partial charge in [0.05, 0.1) is 5.54 Å². The maximum Gasteiger partial charge on any atom is 0.253 e. The summed E-state index contributed by atoms with van der Waals surface area (Å²) in [6, 6.07) is 0. The summed E-state index contributed by atoms with van der Waals surface area (Å²) in [5.41, 5.74) is -0.575. The van der Waals surface area contributed by atoms with E-state index in [-0.39, 0.29) is 39.7 Å². The number of unbranched alkanes of at least 4 members (excludes halogenated alkanes) is 17. The number of methoxy groups -OCH3 is 1. The number of nitrogens with zero attached hydrogens (tertiary/aromatic N) is 3. The molecule has 7 saturated carbocycles. The number of hydrogen-bond donors (Lipinski definition) is 1. The Morgan fingerprint density at radius 3 is 1.69 bits per heavy atom. The molecule has 85 heavy (non-hydrogen) atoms. The molecule has 1 N–H and O–H groups in total. The first-order valence-electron chi connectivity index (χ1n) is 37.1. The molecule has 7 aliphatic carbocycles. The highest BCUT2D eigenvalue weighted by atomic mass is 16.6. The van der Waals surface area contributed by atoms with Crippen molar-refractivity contribution in [3.05, 3.63) is 34.4 Å². The molecule has 4 bridgehead atoms. The Bertz CT molecular complexity index is 2170. The van der Waals surface area contributed by atoms with E-state index in [2.05, 4.69) is 46.9 Å². The molecule has 0 aromatic heterocycles. The van der Waals surface area contributed by atoms with Crippen LogP contribution in [0.4, 0.5) is 0 Å². The molecule has 0 saturated heterocycles. The molecule has 10 nitrogen and oxygen atoms in total. The third-order valence-electron chi connectivity index (χ3n) is 25.9. The monoisotopic (exact) mass is 1180 g/mol. The van der Waals surface area contributed by atoms with Gasteiger partial charge in [0.1, 0.15) is 6.54 Å². The fourth-order valence-corrected chi connectivity index (χ4v) is 22.0. The minimum atomic E-state index is -0.389. The second kappa shape index (κ2) is 31.5. The van der Waals surface area contributed by atoms with Crippen LogP contribution in [0.25, 0.3) is 0 Å². The van der Waals surface area contributed by atoms with Crippen LogP contribution in [0.3, 0.4) is 0 Å². The lowest BCUT2D eigenvalue weighted by molar-refractivity contribution is -0.955. The van der Waals surface area contributed by atoms with Crippen molar-refractivity contribution in [2.75, 3.05) is 33.3 Å². The van der Waals surface area contributed by atoms with Gasteiger partial charge in [0.25, 0.3) is 11.8 Å². The molecule has 3 amide bonds. The van der Waals surface area contributed by atoms with E-state index in [1.165, 1.54) is 221 Å². The van der Waals surface area contributed by atoms with Gasteiger partial charge in [-0.1, -0.05) is 142 Å². The quantitative estimate of drug-likeness (QED) is 0.0163. The molecule has 18 unspecified atom stereocenters. The summed E-state index contributed by atoms with van der Waals surface area (Å²) < 4.78 is 6.85. The lowest BCUT2D eigenvalue weighted by Crippen LogP contribution is -2.61. The van der Waals surface area contributed by atoms with Gasteiger partial charge in [0.2, 0.25) is 12.1 Å². The molecular formula is C75H127N4O6+. The molecule has 0 aromatic rings. The summed E-state index contributed by atoms with van der Waals surface area (Å²) in [5, 5.41) is 17.6. The Hall–Kier alpha value is -2.43. The number of quaternary nitrogens is 1. The number of rotatable bonds is 40. The third kappa shape index (κ3) is 16.8. The summed E-state index contributed by atoms with van der Waals surface area (Å²) in [7, 11) is 1.68. The van der Waals surface area contributed by atoms with Crippen LogP contribution in [-0.4, -0.2) is 82.6 Å². The topological polar surface area (TPSA) is 119 Å². The predicted molar refractivity (Wildman–Crippen MR) is 347 cm³/mol. The van der Waals surface area contributed by atoms with Gasteiger partial charge in [-0.15, -0.1) is 0 Å². The number of hydroxylamine groups is 3. The number of carbonyl (C=O) groups is 3. The standard InChI is InChI=1S/C75H126N4O6/c1-8-10-12-14-19-25-32-62-54(30-23-13-11-9-2)36-37-55(31-24-18-17-21-27-34-68(80)76-74(3,4)50-60-46-58-48-66(60)64-41-39-57(73(58)64)53-78-69(81)42-43-70(78)82)63(62)33-26-20-15-16-22-28-44-77(83)52-61-47-59-49-67(61)65-40-38-56(72(59)65)51-75(5,6)79(84)45-29-35-71(79)85-7/h29,35,42-43,54-67,71-73H,8-28,30-34,36-41,44-53H2,1-7H3/p+1. The fourth-order valence-electron chi connectivity index (χ4n) is 22.0. The zero-order valence-corrected chi connectivity index (χ0v) is 55.6. The van der Waals surface area contributed by atoms with Gasteiger partial charge >= 0.3 is 0 Å². The largest absolute Gasteiger partial charge is 0.630 e. The summed E-state index contributed by atoms with van der Waals surface area (Å²) >= 11 is 0. The van der Waals surface area contributed by atoms with Gasteiger partial charge in [0.15, 0.2) is 13.1 Å². The van der Waals surface area contributed by atoms with E-state index in [9.17, 15) is 24.5 Å². The second-order valence-corrected chi connectivity index (χ2v) is 32.2. The zero-order valence-electron chi connectivity index (χ0n) is 55.6. The van der Waals surface area contributed by atoms with Gasteiger partial charge in [-0.2, -0.15) is 0 Å². The van der Waals surface area contributed by atoms with E-state index in [0.717, 1.165) is 92.4 Å². The average molecular weight is 1180 g/mol. The van der Waals surface area contributed by atoms with Crippen LogP contribution in [0.1, 0.15) is 286 Å². The maximum atomic E-state index is 14.1. The van der Waals surface area contributed by atoms with E-state index in [1.807, 2.05) is 12.2 Å². The van der Waals surface area contributed by atoms with Gasteiger partial charge in [-0.05, 0) is 224 Å². The molecule has 9 rings (SSSR count). The first-order chi connectivity index (χ1) is 41.0. The van der Waals surface area contributed by atoms with Crippen LogP contribution in [0.15, 0.2) is 24.3 Å². The van der Waals surface area contributed by atoms with Crippen LogP contribution >= 0.6 is 0 Å². The average Bonchev–Trinajstić information content (AvgIpc) is 1.76. The van der Waals surface area contributed by atoms with Crippen molar-refractivity contribution in [2.24, 2.45) is 94.7 Å². The van der Waals surface area contributed by atoms with Crippen molar-refractivity contribution >= 4 is 17.7 Å². The van der Waals surface area contributed by atoms with E-state index >= 15 is 0 Å². The number of imide groups is 1. The molecular weight excluding hydrogens is 1050 g/mol. The van der Waals surface area contributed by atoms with Gasteiger partial charge < -0.3 is 19.9 Å². The minimum Gasteiger partial charge on any atom is -0.630 e.